The van der Waals surface area contributed by atoms with E-state index in [1.807, 2.05) is 35.2 Å². The third kappa shape index (κ3) is 4.56. The van der Waals surface area contributed by atoms with Crippen LogP contribution in [0.25, 0.3) is 0 Å². The Balaban J connectivity index is 1.70. The zero-order chi connectivity index (χ0) is 17.8. The Morgan fingerprint density at radius 2 is 2.12 bits per heavy atom. The number of piperidine rings is 1. The summed E-state index contributed by atoms with van der Waals surface area (Å²) in [5.41, 5.74) is 2.61. The van der Waals surface area contributed by atoms with E-state index in [0.29, 0.717) is 17.4 Å². The van der Waals surface area contributed by atoms with Gasteiger partial charge in [-0.3, -0.25) is 4.79 Å². The number of hydrogen-bond donors (Lipinski definition) is 0. The predicted molar refractivity (Wildman–Crippen MR) is 104 cm³/mol. The molecule has 3 rings (SSSR count). The van der Waals surface area contributed by atoms with Gasteiger partial charge in [-0.1, -0.05) is 36.7 Å². The third-order valence-corrected chi connectivity index (χ3v) is 6.20. The molecule has 3 nitrogen and oxygen atoms in total. The molecule has 1 fully saturated rings. The van der Waals surface area contributed by atoms with Crippen LogP contribution in [0.15, 0.2) is 41.3 Å². The third-order valence-electron chi connectivity index (χ3n) is 4.50. The molecular formula is C20H23ClN2OS. The smallest absolute Gasteiger partial charge is 0.272 e. The number of nitrogens with zero attached hydrogens (tertiary/aromatic N) is 2. The topological polar surface area (TPSA) is 33.2 Å². The van der Waals surface area contributed by atoms with E-state index in [1.165, 1.54) is 6.42 Å². The first-order chi connectivity index (χ1) is 12.0. The Labute approximate surface area is 158 Å². The molecule has 5 heteroatoms. The predicted octanol–water partition coefficient (Wildman–Crippen LogP) is 5.21. The summed E-state index contributed by atoms with van der Waals surface area (Å²) in [7, 11) is 0. The van der Waals surface area contributed by atoms with Crippen LogP contribution in [0, 0.1) is 12.8 Å². The second-order valence-electron chi connectivity index (χ2n) is 6.69. The maximum atomic E-state index is 12.7. The molecule has 132 valence electrons. The Morgan fingerprint density at radius 3 is 2.88 bits per heavy atom. The van der Waals surface area contributed by atoms with Crippen LogP contribution in [-0.2, 0) is 5.75 Å². The van der Waals surface area contributed by atoms with Gasteiger partial charge >= 0.3 is 0 Å². The number of amides is 1. The van der Waals surface area contributed by atoms with E-state index in [9.17, 15) is 4.79 Å². The van der Waals surface area contributed by atoms with Crippen molar-refractivity contribution in [2.75, 3.05) is 13.1 Å². The van der Waals surface area contributed by atoms with E-state index in [-0.39, 0.29) is 5.91 Å². The van der Waals surface area contributed by atoms with E-state index >= 15 is 0 Å². The SMILES string of the molecule is Cc1cccc(Cl)c1SCc1cccc(C(=O)N2CCCC(C)C2)n1. The zero-order valence-corrected chi connectivity index (χ0v) is 16.2. The van der Waals surface area contributed by atoms with Gasteiger partial charge in [-0.25, -0.2) is 4.98 Å². The van der Waals surface area contributed by atoms with Crippen LogP contribution in [0.2, 0.25) is 5.02 Å². The summed E-state index contributed by atoms with van der Waals surface area (Å²) in [5.74, 6) is 1.31. The molecule has 2 aromatic rings. The van der Waals surface area contributed by atoms with Crippen LogP contribution in [0.3, 0.4) is 0 Å². The molecule has 1 aromatic heterocycles. The average molecular weight is 375 g/mol. The van der Waals surface area contributed by atoms with Gasteiger partial charge in [0.2, 0.25) is 0 Å². The van der Waals surface area contributed by atoms with Crippen LogP contribution >= 0.6 is 23.4 Å². The first-order valence-corrected chi connectivity index (χ1v) is 10.0. The van der Waals surface area contributed by atoms with Crippen molar-refractivity contribution in [2.45, 2.75) is 37.3 Å². The number of aryl methyl sites for hydroxylation is 1. The monoisotopic (exact) mass is 374 g/mol. The van der Waals surface area contributed by atoms with Gasteiger partial charge in [0.05, 0.1) is 10.7 Å². The van der Waals surface area contributed by atoms with Gasteiger partial charge < -0.3 is 4.90 Å². The zero-order valence-electron chi connectivity index (χ0n) is 14.7. The first kappa shape index (κ1) is 18.3. The van der Waals surface area contributed by atoms with Crippen LogP contribution < -0.4 is 0 Å². The van der Waals surface area contributed by atoms with Crippen molar-refractivity contribution in [3.63, 3.8) is 0 Å². The lowest BCUT2D eigenvalue weighted by Gasteiger charge is -2.30. The molecule has 25 heavy (non-hydrogen) atoms. The molecule has 0 spiro atoms. The van der Waals surface area contributed by atoms with Gasteiger partial charge in [0.1, 0.15) is 5.69 Å². The molecule has 0 N–H and O–H groups in total. The molecule has 0 bridgehead atoms. The highest BCUT2D eigenvalue weighted by Crippen LogP contribution is 2.32. The number of thioether (sulfide) groups is 1. The van der Waals surface area contributed by atoms with E-state index in [4.69, 9.17) is 11.6 Å². The van der Waals surface area contributed by atoms with Crippen molar-refractivity contribution in [3.05, 3.63) is 58.4 Å². The maximum Gasteiger partial charge on any atom is 0.272 e. The highest BCUT2D eigenvalue weighted by atomic mass is 35.5. The molecule has 0 radical (unpaired) electrons. The lowest BCUT2D eigenvalue weighted by Crippen LogP contribution is -2.39. The van der Waals surface area contributed by atoms with Crippen molar-refractivity contribution in [2.24, 2.45) is 5.92 Å². The fourth-order valence-electron chi connectivity index (χ4n) is 3.16. The van der Waals surface area contributed by atoms with Crippen molar-refractivity contribution >= 4 is 29.3 Å². The number of rotatable bonds is 4. The number of benzene rings is 1. The van der Waals surface area contributed by atoms with E-state index in [0.717, 1.165) is 40.7 Å². The average Bonchev–Trinajstić information content (AvgIpc) is 2.61. The summed E-state index contributed by atoms with van der Waals surface area (Å²) < 4.78 is 0. The Morgan fingerprint density at radius 1 is 1.32 bits per heavy atom. The number of likely N-dealkylation sites (tertiary alicyclic amines) is 1. The van der Waals surface area contributed by atoms with Gasteiger partial charge in [-0.05, 0) is 49.4 Å². The van der Waals surface area contributed by atoms with Crippen LogP contribution in [-0.4, -0.2) is 28.9 Å². The Hall–Kier alpha value is -1.52. The minimum absolute atomic E-state index is 0.0484. The lowest BCUT2D eigenvalue weighted by molar-refractivity contribution is 0.0677. The highest BCUT2D eigenvalue weighted by Gasteiger charge is 2.23. The maximum absolute atomic E-state index is 12.7. The van der Waals surface area contributed by atoms with Crippen LogP contribution in [0.5, 0.6) is 0 Å². The Kier molecular flexibility index (Phi) is 6.02. The van der Waals surface area contributed by atoms with Gasteiger partial charge in [-0.2, -0.15) is 0 Å². The number of halogens is 1. The van der Waals surface area contributed by atoms with E-state index in [1.54, 1.807) is 11.8 Å². The molecule has 2 heterocycles. The van der Waals surface area contributed by atoms with E-state index in [2.05, 4.69) is 24.9 Å². The molecular weight excluding hydrogens is 352 g/mol. The number of hydrogen-bond acceptors (Lipinski definition) is 3. The van der Waals surface area contributed by atoms with Crippen molar-refractivity contribution in [3.8, 4) is 0 Å². The fourth-order valence-corrected chi connectivity index (χ4v) is 4.50. The number of carbonyl (C=O) groups is 1. The van der Waals surface area contributed by atoms with Crippen molar-refractivity contribution in [1.82, 2.24) is 9.88 Å². The Bertz CT molecular complexity index is 745. The molecule has 0 saturated carbocycles. The van der Waals surface area contributed by atoms with Gasteiger partial charge in [0.25, 0.3) is 5.91 Å². The molecule has 1 amide bonds. The molecule has 1 unspecified atom stereocenters. The second-order valence-corrected chi connectivity index (χ2v) is 8.08. The van der Waals surface area contributed by atoms with E-state index < -0.39 is 0 Å². The second kappa shape index (κ2) is 8.24. The van der Waals surface area contributed by atoms with Gasteiger partial charge in [0, 0.05) is 23.7 Å². The quantitative estimate of drug-likeness (QED) is 0.689. The summed E-state index contributed by atoms with van der Waals surface area (Å²) in [4.78, 5) is 20.3. The molecule has 1 aromatic carbocycles. The summed E-state index contributed by atoms with van der Waals surface area (Å²) in [5, 5.41) is 0.763. The molecule has 0 aliphatic carbocycles. The summed E-state index contributed by atoms with van der Waals surface area (Å²) in [6, 6.07) is 11.6. The summed E-state index contributed by atoms with van der Waals surface area (Å²) >= 11 is 7.95. The summed E-state index contributed by atoms with van der Waals surface area (Å²) in [6.45, 7) is 5.92. The minimum atomic E-state index is 0.0484. The number of carbonyl (C=O) groups excluding carboxylic acids is 1. The first-order valence-electron chi connectivity index (χ1n) is 8.67. The van der Waals surface area contributed by atoms with Crippen molar-refractivity contribution < 1.29 is 4.79 Å². The number of pyridine rings is 1. The van der Waals surface area contributed by atoms with Crippen LogP contribution in [0.1, 0.15) is 41.5 Å². The fraction of sp³-hybridized carbons (Fsp3) is 0.400. The van der Waals surface area contributed by atoms with Crippen LogP contribution in [0.4, 0.5) is 0 Å². The minimum Gasteiger partial charge on any atom is -0.337 e. The summed E-state index contributed by atoms with van der Waals surface area (Å²) in [6.07, 6.45) is 2.28. The molecule has 1 atom stereocenters. The van der Waals surface area contributed by atoms with Gasteiger partial charge in [-0.15, -0.1) is 11.8 Å². The van der Waals surface area contributed by atoms with Gasteiger partial charge in [0.15, 0.2) is 0 Å². The lowest BCUT2D eigenvalue weighted by atomic mass is 10.00. The highest BCUT2D eigenvalue weighted by molar-refractivity contribution is 7.98. The molecule has 1 aliphatic heterocycles. The standard InChI is InChI=1S/C20H23ClN2OS/c1-14-6-5-11-23(12-14)20(24)18-10-4-8-16(22-18)13-25-19-15(2)7-3-9-17(19)21/h3-4,7-10,14H,5-6,11-13H2,1-2H3. The van der Waals surface area contributed by atoms with Crippen molar-refractivity contribution in [1.29, 1.82) is 0 Å². The molecule has 1 aliphatic rings. The number of aromatic nitrogens is 1. The normalized spacial score (nSPS) is 17.6. The largest absolute Gasteiger partial charge is 0.337 e. The molecule has 1 saturated heterocycles.